The largest absolute Gasteiger partial charge is 0.365 e. The molecule has 2 nitrogen and oxygen atoms in total. The van der Waals surface area contributed by atoms with Gasteiger partial charge in [-0.15, -0.1) is 0 Å². The summed E-state index contributed by atoms with van der Waals surface area (Å²) in [6.45, 7) is 1.91. The molecular formula is C11H12F2N2. The number of nitrogens with one attached hydrogen (secondary N) is 1. The third-order valence-electron chi connectivity index (χ3n) is 2.01. The van der Waals surface area contributed by atoms with Crippen molar-refractivity contribution in [3.8, 4) is 6.07 Å². The second kappa shape index (κ2) is 5.30. The van der Waals surface area contributed by atoms with Crippen LogP contribution in [0.4, 0.5) is 14.5 Å². The molecule has 0 bridgehead atoms. The molecular weight excluding hydrogens is 198 g/mol. The lowest BCUT2D eigenvalue weighted by molar-refractivity contribution is 0.583. The maximum absolute atomic E-state index is 13.2. The van der Waals surface area contributed by atoms with E-state index in [9.17, 15) is 8.78 Å². The third-order valence-corrected chi connectivity index (χ3v) is 2.01. The first kappa shape index (κ1) is 11.4. The Morgan fingerprint density at radius 2 is 2.00 bits per heavy atom. The average molecular weight is 210 g/mol. The summed E-state index contributed by atoms with van der Waals surface area (Å²) in [6, 6.07) is 5.01. The number of para-hydroxylation sites is 1. The van der Waals surface area contributed by atoms with Crippen LogP contribution in [0.2, 0.25) is 0 Å². The van der Waals surface area contributed by atoms with Gasteiger partial charge in [0.15, 0.2) is 0 Å². The van der Waals surface area contributed by atoms with Crippen LogP contribution >= 0.6 is 0 Å². The van der Waals surface area contributed by atoms with Crippen LogP contribution in [0.25, 0.3) is 0 Å². The van der Waals surface area contributed by atoms with Crippen molar-refractivity contribution < 1.29 is 8.78 Å². The van der Waals surface area contributed by atoms with Crippen molar-refractivity contribution in [3.63, 3.8) is 0 Å². The summed E-state index contributed by atoms with van der Waals surface area (Å²) in [5, 5.41) is 11.3. The van der Waals surface area contributed by atoms with Gasteiger partial charge in [-0.2, -0.15) is 5.26 Å². The van der Waals surface area contributed by atoms with Crippen molar-refractivity contribution in [1.82, 2.24) is 0 Å². The molecule has 1 atom stereocenters. The highest BCUT2D eigenvalue weighted by atomic mass is 19.1. The van der Waals surface area contributed by atoms with Crippen molar-refractivity contribution in [2.24, 2.45) is 0 Å². The topological polar surface area (TPSA) is 35.8 Å². The van der Waals surface area contributed by atoms with Gasteiger partial charge in [0.2, 0.25) is 0 Å². The van der Waals surface area contributed by atoms with Gasteiger partial charge in [0, 0.05) is 0 Å². The molecule has 0 saturated carbocycles. The molecule has 0 radical (unpaired) electrons. The average Bonchev–Trinajstić information content (AvgIpc) is 2.22. The molecule has 80 valence electrons. The van der Waals surface area contributed by atoms with Crippen molar-refractivity contribution in [3.05, 3.63) is 29.8 Å². The Bertz CT molecular complexity index is 351. The van der Waals surface area contributed by atoms with Crippen LogP contribution < -0.4 is 5.32 Å². The Morgan fingerprint density at radius 1 is 1.40 bits per heavy atom. The molecule has 0 amide bonds. The van der Waals surface area contributed by atoms with E-state index in [-0.39, 0.29) is 5.69 Å². The molecule has 4 heteroatoms. The van der Waals surface area contributed by atoms with Crippen molar-refractivity contribution in [2.45, 2.75) is 25.8 Å². The zero-order valence-electron chi connectivity index (χ0n) is 8.43. The number of hydrogen-bond acceptors (Lipinski definition) is 2. The molecule has 0 heterocycles. The molecule has 0 spiro atoms. The summed E-state index contributed by atoms with van der Waals surface area (Å²) in [6.07, 6.45) is 1.34. The van der Waals surface area contributed by atoms with Crippen molar-refractivity contribution in [2.75, 3.05) is 5.32 Å². The smallest absolute Gasteiger partial charge is 0.149 e. The van der Waals surface area contributed by atoms with Gasteiger partial charge in [-0.3, -0.25) is 0 Å². The second-order valence-corrected chi connectivity index (χ2v) is 3.21. The van der Waals surface area contributed by atoms with Gasteiger partial charge >= 0.3 is 0 Å². The number of benzene rings is 1. The third kappa shape index (κ3) is 2.91. The van der Waals surface area contributed by atoms with Gasteiger partial charge in [-0.1, -0.05) is 19.4 Å². The maximum atomic E-state index is 13.2. The Kier molecular flexibility index (Phi) is 4.04. The van der Waals surface area contributed by atoms with Gasteiger partial charge in [-0.25, -0.2) is 8.78 Å². The van der Waals surface area contributed by atoms with Crippen LogP contribution in [-0.2, 0) is 0 Å². The van der Waals surface area contributed by atoms with Crippen LogP contribution in [-0.4, -0.2) is 6.04 Å². The number of hydrogen-bond donors (Lipinski definition) is 1. The summed E-state index contributed by atoms with van der Waals surface area (Å²) in [5.41, 5.74) is -0.225. The zero-order chi connectivity index (χ0) is 11.3. The minimum Gasteiger partial charge on any atom is -0.365 e. The molecule has 0 aliphatic carbocycles. The highest BCUT2D eigenvalue weighted by Crippen LogP contribution is 2.19. The fraction of sp³-hybridized carbons (Fsp3) is 0.364. The first-order chi connectivity index (χ1) is 7.19. The number of nitriles is 1. The lowest BCUT2D eigenvalue weighted by Crippen LogP contribution is -2.18. The standard InChI is InChI=1S/C11H12F2N2/c1-2-4-8(7-14)15-11-9(12)5-3-6-10(11)13/h3,5-6,8,15H,2,4H2,1H3. The Labute approximate surface area is 87.5 Å². The van der Waals surface area contributed by atoms with E-state index in [1.807, 2.05) is 13.0 Å². The summed E-state index contributed by atoms with van der Waals surface area (Å²) in [4.78, 5) is 0. The normalized spacial score (nSPS) is 11.9. The van der Waals surface area contributed by atoms with Gasteiger partial charge in [-0.05, 0) is 18.6 Å². The summed E-state index contributed by atoms with van der Waals surface area (Å²) < 4.78 is 26.4. The zero-order valence-corrected chi connectivity index (χ0v) is 8.43. The molecule has 15 heavy (non-hydrogen) atoms. The molecule has 1 unspecified atom stereocenters. The van der Waals surface area contributed by atoms with E-state index >= 15 is 0 Å². The lowest BCUT2D eigenvalue weighted by atomic mass is 10.1. The summed E-state index contributed by atoms with van der Waals surface area (Å²) in [7, 11) is 0. The van der Waals surface area contributed by atoms with Gasteiger partial charge in [0.1, 0.15) is 23.4 Å². The van der Waals surface area contributed by atoms with E-state index < -0.39 is 17.7 Å². The second-order valence-electron chi connectivity index (χ2n) is 3.21. The van der Waals surface area contributed by atoms with Crippen LogP contribution in [0.5, 0.6) is 0 Å². The van der Waals surface area contributed by atoms with Crippen molar-refractivity contribution in [1.29, 1.82) is 5.26 Å². The highest BCUT2D eigenvalue weighted by Gasteiger charge is 2.12. The monoisotopic (exact) mass is 210 g/mol. The first-order valence-corrected chi connectivity index (χ1v) is 4.79. The lowest BCUT2D eigenvalue weighted by Gasteiger charge is -2.12. The van der Waals surface area contributed by atoms with Crippen LogP contribution in [0.1, 0.15) is 19.8 Å². The molecule has 1 rings (SSSR count). The van der Waals surface area contributed by atoms with Crippen LogP contribution in [0.15, 0.2) is 18.2 Å². The van der Waals surface area contributed by atoms with Crippen LogP contribution in [0.3, 0.4) is 0 Å². The summed E-state index contributed by atoms with van der Waals surface area (Å²) >= 11 is 0. The predicted molar refractivity (Wildman–Crippen MR) is 54.3 cm³/mol. The molecule has 1 aromatic carbocycles. The maximum Gasteiger partial charge on any atom is 0.149 e. The molecule has 0 aliphatic heterocycles. The molecule has 0 aliphatic rings. The van der Waals surface area contributed by atoms with Gasteiger partial charge < -0.3 is 5.32 Å². The Morgan fingerprint density at radius 3 is 2.47 bits per heavy atom. The fourth-order valence-electron chi connectivity index (χ4n) is 1.27. The number of halogens is 2. The highest BCUT2D eigenvalue weighted by molar-refractivity contribution is 5.47. The predicted octanol–water partition coefficient (Wildman–Crippen LogP) is 3.07. The van der Waals surface area contributed by atoms with Gasteiger partial charge in [0.25, 0.3) is 0 Å². The molecule has 1 aromatic rings. The molecule has 0 fully saturated rings. The first-order valence-electron chi connectivity index (χ1n) is 4.79. The number of nitrogens with zero attached hydrogens (tertiary/aromatic N) is 1. The van der Waals surface area contributed by atoms with E-state index in [1.165, 1.54) is 6.07 Å². The molecule has 0 saturated heterocycles. The Hall–Kier alpha value is -1.63. The SMILES string of the molecule is CCCC(C#N)Nc1c(F)cccc1F. The van der Waals surface area contributed by atoms with Crippen LogP contribution in [0, 0.1) is 23.0 Å². The van der Waals surface area contributed by atoms with E-state index in [0.29, 0.717) is 6.42 Å². The van der Waals surface area contributed by atoms with E-state index in [4.69, 9.17) is 5.26 Å². The van der Waals surface area contributed by atoms with E-state index in [0.717, 1.165) is 18.6 Å². The molecule has 0 aromatic heterocycles. The van der Waals surface area contributed by atoms with E-state index in [2.05, 4.69) is 5.32 Å². The van der Waals surface area contributed by atoms with E-state index in [1.54, 1.807) is 0 Å². The van der Waals surface area contributed by atoms with Gasteiger partial charge in [0.05, 0.1) is 6.07 Å². The minimum atomic E-state index is -0.675. The fourth-order valence-corrected chi connectivity index (χ4v) is 1.27. The quantitative estimate of drug-likeness (QED) is 0.828. The number of anilines is 1. The molecule has 1 N–H and O–H groups in total. The Balaban J connectivity index is 2.84. The summed E-state index contributed by atoms with van der Waals surface area (Å²) in [5.74, 6) is -1.35. The minimum absolute atomic E-state index is 0.225. The number of rotatable bonds is 4. The van der Waals surface area contributed by atoms with Crippen molar-refractivity contribution >= 4 is 5.69 Å².